The summed E-state index contributed by atoms with van der Waals surface area (Å²) in [7, 11) is 1.72. The standard InChI is InChI=1S/C17H29NO2/c1-5-17(2,3)15-7-9-16(10-8-15)20-13-6-11-18-12-14-19-4/h7-10,18H,5-6,11-14H2,1-4H3. The molecule has 0 fully saturated rings. The molecule has 114 valence electrons. The van der Waals surface area contributed by atoms with Crippen molar-refractivity contribution in [3.05, 3.63) is 29.8 Å². The van der Waals surface area contributed by atoms with Crippen molar-refractivity contribution in [1.82, 2.24) is 5.32 Å². The molecule has 0 amide bonds. The molecular weight excluding hydrogens is 250 g/mol. The minimum Gasteiger partial charge on any atom is -0.494 e. The molecule has 3 nitrogen and oxygen atoms in total. The van der Waals surface area contributed by atoms with Crippen molar-refractivity contribution in [1.29, 1.82) is 0 Å². The van der Waals surface area contributed by atoms with E-state index in [0.717, 1.165) is 44.9 Å². The first kappa shape index (κ1) is 17.0. The molecule has 0 bridgehead atoms. The first-order chi connectivity index (χ1) is 9.60. The lowest BCUT2D eigenvalue weighted by atomic mass is 9.82. The number of rotatable bonds is 10. The van der Waals surface area contributed by atoms with E-state index in [-0.39, 0.29) is 5.41 Å². The maximum absolute atomic E-state index is 5.74. The van der Waals surface area contributed by atoms with Gasteiger partial charge in [-0.15, -0.1) is 0 Å². The van der Waals surface area contributed by atoms with Gasteiger partial charge in [0.05, 0.1) is 13.2 Å². The maximum Gasteiger partial charge on any atom is 0.119 e. The molecule has 1 aromatic carbocycles. The van der Waals surface area contributed by atoms with Crippen LogP contribution in [0.2, 0.25) is 0 Å². The third kappa shape index (κ3) is 5.93. The third-order valence-electron chi connectivity index (χ3n) is 3.77. The first-order valence-electron chi connectivity index (χ1n) is 7.53. The molecule has 0 spiro atoms. The highest BCUT2D eigenvalue weighted by Gasteiger charge is 2.17. The average molecular weight is 279 g/mol. The average Bonchev–Trinajstić information content (AvgIpc) is 2.47. The van der Waals surface area contributed by atoms with Crippen LogP contribution >= 0.6 is 0 Å². The third-order valence-corrected chi connectivity index (χ3v) is 3.77. The summed E-state index contributed by atoms with van der Waals surface area (Å²) in [5.74, 6) is 0.956. The first-order valence-corrected chi connectivity index (χ1v) is 7.53. The Morgan fingerprint density at radius 3 is 2.35 bits per heavy atom. The number of nitrogens with one attached hydrogen (secondary N) is 1. The Hall–Kier alpha value is -1.06. The molecule has 0 saturated heterocycles. The Labute approximate surface area is 123 Å². The summed E-state index contributed by atoms with van der Waals surface area (Å²) in [6.45, 7) is 10.1. The van der Waals surface area contributed by atoms with Crippen molar-refractivity contribution in [2.45, 2.75) is 39.0 Å². The van der Waals surface area contributed by atoms with Crippen LogP contribution in [0.5, 0.6) is 5.75 Å². The number of methoxy groups -OCH3 is 1. The molecule has 20 heavy (non-hydrogen) atoms. The fourth-order valence-electron chi connectivity index (χ4n) is 1.89. The van der Waals surface area contributed by atoms with Crippen LogP contribution in [0, 0.1) is 0 Å². The fourth-order valence-corrected chi connectivity index (χ4v) is 1.89. The fraction of sp³-hybridized carbons (Fsp3) is 0.647. The van der Waals surface area contributed by atoms with Gasteiger partial charge < -0.3 is 14.8 Å². The number of hydrogen-bond acceptors (Lipinski definition) is 3. The zero-order chi connectivity index (χ0) is 14.8. The van der Waals surface area contributed by atoms with E-state index in [1.165, 1.54) is 5.56 Å². The monoisotopic (exact) mass is 279 g/mol. The second-order valence-electron chi connectivity index (χ2n) is 5.71. The van der Waals surface area contributed by atoms with E-state index in [9.17, 15) is 0 Å². The van der Waals surface area contributed by atoms with Crippen molar-refractivity contribution in [2.75, 3.05) is 33.4 Å². The van der Waals surface area contributed by atoms with Gasteiger partial charge >= 0.3 is 0 Å². The van der Waals surface area contributed by atoms with Gasteiger partial charge in [0, 0.05) is 13.7 Å². The summed E-state index contributed by atoms with van der Waals surface area (Å²) in [5, 5.41) is 3.30. The molecule has 0 saturated carbocycles. The molecular formula is C17H29NO2. The van der Waals surface area contributed by atoms with Gasteiger partial charge in [-0.25, -0.2) is 0 Å². The quantitative estimate of drug-likeness (QED) is 0.666. The molecule has 0 atom stereocenters. The van der Waals surface area contributed by atoms with Gasteiger partial charge in [0.25, 0.3) is 0 Å². The van der Waals surface area contributed by atoms with Crippen LogP contribution in [-0.2, 0) is 10.2 Å². The van der Waals surface area contributed by atoms with Gasteiger partial charge in [0.1, 0.15) is 5.75 Å². The van der Waals surface area contributed by atoms with E-state index >= 15 is 0 Å². The van der Waals surface area contributed by atoms with Crippen LogP contribution in [0.25, 0.3) is 0 Å². The Balaban J connectivity index is 2.25. The van der Waals surface area contributed by atoms with Gasteiger partial charge in [0.2, 0.25) is 0 Å². The molecule has 0 aliphatic carbocycles. The smallest absolute Gasteiger partial charge is 0.119 e. The zero-order valence-corrected chi connectivity index (χ0v) is 13.4. The van der Waals surface area contributed by atoms with Crippen molar-refractivity contribution < 1.29 is 9.47 Å². The Morgan fingerprint density at radius 2 is 1.75 bits per heavy atom. The van der Waals surface area contributed by atoms with Gasteiger partial charge in [-0.2, -0.15) is 0 Å². The highest BCUT2D eigenvalue weighted by molar-refractivity contribution is 5.31. The highest BCUT2D eigenvalue weighted by Crippen LogP contribution is 2.27. The number of hydrogen-bond donors (Lipinski definition) is 1. The topological polar surface area (TPSA) is 30.5 Å². The highest BCUT2D eigenvalue weighted by atomic mass is 16.5. The molecule has 0 aliphatic rings. The maximum atomic E-state index is 5.74. The molecule has 0 aromatic heterocycles. The second-order valence-corrected chi connectivity index (χ2v) is 5.71. The Morgan fingerprint density at radius 1 is 1.05 bits per heavy atom. The molecule has 1 aromatic rings. The molecule has 0 heterocycles. The van der Waals surface area contributed by atoms with Crippen LogP contribution in [-0.4, -0.2) is 33.4 Å². The summed E-state index contributed by atoms with van der Waals surface area (Å²) in [6.07, 6.45) is 2.15. The van der Waals surface area contributed by atoms with Gasteiger partial charge in [-0.05, 0) is 42.5 Å². The van der Waals surface area contributed by atoms with Crippen molar-refractivity contribution in [2.24, 2.45) is 0 Å². The minimum atomic E-state index is 0.240. The predicted octanol–water partition coefficient (Wildman–Crippen LogP) is 3.38. The van der Waals surface area contributed by atoms with E-state index < -0.39 is 0 Å². The largest absolute Gasteiger partial charge is 0.494 e. The molecule has 3 heteroatoms. The normalized spacial score (nSPS) is 11.6. The van der Waals surface area contributed by atoms with Gasteiger partial charge in [0.15, 0.2) is 0 Å². The minimum absolute atomic E-state index is 0.240. The van der Waals surface area contributed by atoms with E-state index in [2.05, 4.69) is 50.4 Å². The van der Waals surface area contributed by atoms with E-state index in [1.54, 1.807) is 7.11 Å². The molecule has 0 aliphatic heterocycles. The van der Waals surface area contributed by atoms with Crippen molar-refractivity contribution >= 4 is 0 Å². The van der Waals surface area contributed by atoms with Crippen molar-refractivity contribution in [3.63, 3.8) is 0 Å². The molecule has 1 N–H and O–H groups in total. The zero-order valence-electron chi connectivity index (χ0n) is 13.4. The number of benzene rings is 1. The lowest BCUT2D eigenvalue weighted by molar-refractivity contribution is 0.198. The summed E-state index contributed by atoms with van der Waals surface area (Å²) >= 11 is 0. The summed E-state index contributed by atoms with van der Waals surface area (Å²) < 4.78 is 10.7. The van der Waals surface area contributed by atoms with Gasteiger partial charge in [-0.3, -0.25) is 0 Å². The van der Waals surface area contributed by atoms with E-state index in [1.807, 2.05) is 0 Å². The SMILES string of the molecule is CCC(C)(C)c1ccc(OCCCNCCOC)cc1. The van der Waals surface area contributed by atoms with E-state index in [4.69, 9.17) is 9.47 Å². The summed E-state index contributed by atoms with van der Waals surface area (Å²) in [6, 6.07) is 8.50. The predicted molar refractivity (Wildman–Crippen MR) is 84.6 cm³/mol. The van der Waals surface area contributed by atoms with E-state index in [0.29, 0.717) is 0 Å². The van der Waals surface area contributed by atoms with Crippen LogP contribution in [0.3, 0.4) is 0 Å². The van der Waals surface area contributed by atoms with Gasteiger partial charge in [-0.1, -0.05) is 32.9 Å². The lowest BCUT2D eigenvalue weighted by Crippen LogP contribution is -2.21. The number of ether oxygens (including phenoxy) is 2. The lowest BCUT2D eigenvalue weighted by Gasteiger charge is -2.23. The second kappa shape index (κ2) is 8.98. The van der Waals surface area contributed by atoms with Crippen LogP contribution in [0.4, 0.5) is 0 Å². The Kier molecular flexibility index (Phi) is 7.63. The summed E-state index contributed by atoms with van der Waals surface area (Å²) in [4.78, 5) is 0. The van der Waals surface area contributed by atoms with Crippen LogP contribution in [0.1, 0.15) is 39.2 Å². The molecule has 0 radical (unpaired) electrons. The van der Waals surface area contributed by atoms with Crippen molar-refractivity contribution in [3.8, 4) is 5.75 Å². The molecule has 0 unspecified atom stereocenters. The van der Waals surface area contributed by atoms with Crippen LogP contribution < -0.4 is 10.1 Å². The van der Waals surface area contributed by atoms with Crippen LogP contribution in [0.15, 0.2) is 24.3 Å². The summed E-state index contributed by atoms with van der Waals surface area (Å²) in [5.41, 5.74) is 1.61. The molecule has 1 rings (SSSR count). The Bertz CT molecular complexity index is 360.